The molecule has 0 atom stereocenters. The van der Waals surface area contributed by atoms with Gasteiger partial charge >= 0.3 is 0 Å². The summed E-state index contributed by atoms with van der Waals surface area (Å²) < 4.78 is 33.0. The van der Waals surface area contributed by atoms with Crippen LogP contribution in [0.5, 0.6) is 5.75 Å². The smallest absolute Gasteiger partial charge is 0.240 e. The zero-order valence-corrected chi connectivity index (χ0v) is 16.5. The van der Waals surface area contributed by atoms with Crippen LogP contribution < -0.4 is 14.8 Å². The average molecular weight is 395 g/mol. The Balaban J connectivity index is 2.03. The van der Waals surface area contributed by atoms with Crippen LogP contribution in [0.4, 0.5) is 5.69 Å². The van der Waals surface area contributed by atoms with Crippen LogP contribution in [-0.2, 0) is 14.8 Å². The lowest BCUT2D eigenvalue weighted by Gasteiger charge is -2.12. The van der Waals surface area contributed by atoms with Crippen LogP contribution in [-0.4, -0.2) is 33.7 Å². The highest BCUT2D eigenvalue weighted by atomic mass is 32.2. The van der Waals surface area contributed by atoms with Crippen LogP contribution in [0.2, 0.25) is 0 Å². The monoisotopic (exact) mass is 394 g/mol. The number of ether oxygens (including phenoxy) is 1. The maximum Gasteiger partial charge on any atom is 0.240 e. The van der Waals surface area contributed by atoms with E-state index in [9.17, 15) is 13.2 Å². The van der Waals surface area contributed by atoms with E-state index in [2.05, 4.69) is 10.0 Å². The second-order valence-corrected chi connectivity index (χ2v) is 8.17. The molecule has 140 valence electrons. The summed E-state index contributed by atoms with van der Waals surface area (Å²) in [7, 11) is -3.70. The van der Waals surface area contributed by atoms with Crippen LogP contribution in [0, 0.1) is 6.92 Å². The molecule has 0 aliphatic heterocycles. The van der Waals surface area contributed by atoms with Crippen molar-refractivity contribution in [2.45, 2.75) is 23.6 Å². The number of para-hydroxylation sites is 1. The van der Waals surface area contributed by atoms with Crippen LogP contribution in [0.3, 0.4) is 0 Å². The fourth-order valence-electron chi connectivity index (χ4n) is 2.28. The van der Waals surface area contributed by atoms with E-state index in [1.165, 1.54) is 30.8 Å². The zero-order valence-electron chi connectivity index (χ0n) is 14.9. The molecule has 6 nitrogen and oxygen atoms in total. The molecule has 1 amide bonds. The summed E-state index contributed by atoms with van der Waals surface area (Å²) in [6.07, 6.45) is 1.86. The number of sulfonamides is 1. The van der Waals surface area contributed by atoms with Gasteiger partial charge in [0.25, 0.3) is 0 Å². The first kappa shape index (κ1) is 20.3. The van der Waals surface area contributed by atoms with Crippen LogP contribution >= 0.6 is 11.8 Å². The molecule has 0 bridgehead atoms. The number of hydrogen-bond acceptors (Lipinski definition) is 5. The van der Waals surface area contributed by atoms with Crippen molar-refractivity contribution in [1.82, 2.24) is 4.72 Å². The van der Waals surface area contributed by atoms with Gasteiger partial charge in [0.05, 0.1) is 10.6 Å². The molecule has 0 radical (unpaired) electrons. The van der Waals surface area contributed by atoms with Gasteiger partial charge in [0.1, 0.15) is 12.4 Å². The number of aryl methyl sites for hydroxylation is 1. The minimum absolute atomic E-state index is 0.0925. The molecule has 2 aromatic carbocycles. The second kappa shape index (κ2) is 9.07. The van der Waals surface area contributed by atoms with E-state index < -0.39 is 10.0 Å². The molecule has 26 heavy (non-hydrogen) atoms. The summed E-state index contributed by atoms with van der Waals surface area (Å²) in [5, 5.41) is 2.66. The molecular weight excluding hydrogens is 372 g/mol. The maximum atomic E-state index is 12.5. The normalized spacial score (nSPS) is 11.2. The zero-order chi connectivity index (χ0) is 19.2. The Morgan fingerprint density at radius 3 is 2.58 bits per heavy atom. The first-order valence-corrected chi connectivity index (χ1v) is 10.7. The molecule has 0 aliphatic carbocycles. The average Bonchev–Trinajstić information content (AvgIpc) is 2.59. The van der Waals surface area contributed by atoms with E-state index in [1.807, 2.05) is 37.4 Å². The molecule has 2 rings (SSSR count). The first-order chi connectivity index (χ1) is 12.3. The molecule has 0 aliphatic rings. The van der Waals surface area contributed by atoms with E-state index in [4.69, 9.17) is 4.74 Å². The third kappa shape index (κ3) is 5.48. The number of anilines is 1. The Morgan fingerprint density at radius 1 is 1.19 bits per heavy atom. The number of carbonyl (C=O) groups is 1. The van der Waals surface area contributed by atoms with E-state index in [0.29, 0.717) is 5.69 Å². The first-order valence-electron chi connectivity index (χ1n) is 7.97. The number of carbonyl (C=O) groups excluding carboxylic acids is 1. The predicted molar refractivity (Wildman–Crippen MR) is 104 cm³/mol. The van der Waals surface area contributed by atoms with Gasteiger partial charge in [-0.05, 0) is 43.0 Å². The summed E-state index contributed by atoms with van der Waals surface area (Å²) in [4.78, 5) is 12.2. The van der Waals surface area contributed by atoms with Gasteiger partial charge in [-0.15, -0.1) is 11.8 Å². The number of nitrogens with one attached hydrogen (secondary N) is 2. The lowest BCUT2D eigenvalue weighted by atomic mass is 10.2. The Hall–Kier alpha value is -2.03. The molecule has 0 spiro atoms. The van der Waals surface area contributed by atoms with Crippen molar-refractivity contribution in [2.75, 3.05) is 24.7 Å². The van der Waals surface area contributed by atoms with E-state index >= 15 is 0 Å². The lowest BCUT2D eigenvalue weighted by Crippen LogP contribution is -2.28. The fourth-order valence-corrected chi connectivity index (χ4v) is 3.85. The molecular formula is C18H22N2O4S2. The minimum atomic E-state index is -3.70. The molecule has 2 aromatic rings. The summed E-state index contributed by atoms with van der Waals surface area (Å²) in [5.41, 5.74) is 1.46. The van der Waals surface area contributed by atoms with Gasteiger partial charge in [0, 0.05) is 18.4 Å². The van der Waals surface area contributed by atoms with Crippen molar-refractivity contribution in [3.8, 4) is 5.75 Å². The quantitative estimate of drug-likeness (QED) is 0.531. The summed E-state index contributed by atoms with van der Waals surface area (Å²) in [6.45, 7) is 3.66. The van der Waals surface area contributed by atoms with Crippen LogP contribution in [0.15, 0.2) is 52.3 Å². The number of amides is 1. The molecule has 2 N–H and O–H groups in total. The van der Waals surface area contributed by atoms with Gasteiger partial charge in [0.2, 0.25) is 15.9 Å². The van der Waals surface area contributed by atoms with Gasteiger partial charge in [-0.25, -0.2) is 13.1 Å². The SMILES string of the molecule is CSc1ccc(S(=O)(=O)NCCOc2ccccc2C)cc1NC(C)=O. The van der Waals surface area contributed by atoms with E-state index in [0.717, 1.165) is 16.2 Å². The number of rotatable bonds is 8. The Labute approximate surface area is 158 Å². The molecule has 0 saturated carbocycles. The number of benzene rings is 2. The predicted octanol–water partition coefficient (Wildman–Crippen LogP) is 3.03. The number of thioether (sulfide) groups is 1. The molecule has 8 heteroatoms. The van der Waals surface area contributed by atoms with E-state index in [1.54, 1.807) is 6.07 Å². The lowest BCUT2D eigenvalue weighted by molar-refractivity contribution is -0.114. The van der Waals surface area contributed by atoms with Gasteiger partial charge < -0.3 is 10.1 Å². The molecule has 0 unspecified atom stereocenters. The summed E-state index contributed by atoms with van der Waals surface area (Å²) in [6, 6.07) is 12.2. The summed E-state index contributed by atoms with van der Waals surface area (Å²) >= 11 is 1.43. The largest absolute Gasteiger partial charge is 0.492 e. The van der Waals surface area contributed by atoms with Crippen molar-refractivity contribution < 1.29 is 17.9 Å². The standard InChI is InChI=1S/C18H22N2O4S2/c1-13-6-4-5-7-17(13)24-11-10-19-26(22,23)15-8-9-18(25-3)16(12-15)20-14(2)21/h4-9,12,19H,10-11H2,1-3H3,(H,20,21). The molecule has 0 fully saturated rings. The van der Waals surface area contributed by atoms with Gasteiger partial charge in [0.15, 0.2) is 0 Å². The van der Waals surface area contributed by atoms with Crippen LogP contribution in [0.25, 0.3) is 0 Å². The van der Waals surface area contributed by atoms with Crippen molar-refractivity contribution in [3.63, 3.8) is 0 Å². The number of hydrogen-bond donors (Lipinski definition) is 2. The minimum Gasteiger partial charge on any atom is -0.492 e. The highest BCUT2D eigenvalue weighted by Crippen LogP contribution is 2.28. The van der Waals surface area contributed by atoms with E-state index in [-0.39, 0.29) is 24.0 Å². The third-order valence-electron chi connectivity index (χ3n) is 3.54. The molecule has 0 heterocycles. The van der Waals surface area contributed by atoms with Crippen molar-refractivity contribution in [3.05, 3.63) is 48.0 Å². The molecule has 0 saturated heterocycles. The Morgan fingerprint density at radius 2 is 1.92 bits per heavy atom. The van der Waals surface area contributed by atoms with Crippen LogP contribution in [0.1, 0.15) is 12.5 Å². The fraction of sp³-hybridized carbons (Fsp3) is 0.278. The Bertz CT molecular complexity index is 883. The van der Waals surface area contributed by atoms with Gasteiger partial charge in [-0.3, -0.25) is 4.79 Å². The van der Waals surface area contributed by atoms with Gasteiger partial charge in [-0.1, -0.05) is 18.2 Å². The third-order valence-corrected chi connectivity index (χ3v) is 5.79. The summed E-state index contributed by atoms with van der Waals surface area (Å²) in [5.74, 6) is 0.471. The van der Waals surface area contributed by atoms with Crippen molar-refractivity contribution >= 4 is 33.4 Å². The Kier molecular flexibility index (Phi) is 7.07. The second-order valence-electron chi connectivity index (χ2n) is 5.56. The highest BCUT2D eigenvalue weighted by molar-refractivity contribution is 7.98. The highest BCUT2D eigenvalue weighted by Gasteiger charge is 2.16. The topological polar surface area (TPSA) is 84.5 Å². The molecule has 0 aromatic heterocycles. The van der Waals surface area contributed by atoms with Crippen molar-refractivity contribution in [2.24, 2.45) is 0 Å². The maximum absolute atomic E-state index is 12.5. The van der Waals surface area contributed by atoms with Gasteiger partial charge in [-0.2, -0.15) is 0 Å². The van der Waals surface area contributed by atoms with Crippen molar-refractivity contribution in [1.29, 1.82) is 0 Å².